The van der Waals surface area contributed by atoms with Crippen LogP contribution < -0.4 is 20.3 Å². The van der Waals surface area contributed by atoms with Crippen molar-refractivity contribution in [1.82, 2.24) is 5.32 Å². The number of carbonyl (C=O) groups excluding carboxylic acids is 3. The molecule has 2 aromatic carbocycles. The second kappa shape index (κ2) is 10.2. The maximum atomic E-state index is 12.0. The fraction of sp³-hybridized carbons (Fsp3) is 0.211. The minimum absolute atomic E-state index is 0.175. The van der Waals surface area contributed by atoms with Gasteiger partial charge in [-0.25, -0.2) is 0 Å². The van der Waals surface area contributed by atoms with Gasteiger partial charge in [-0.05, 0) is 43.3 Å². The number of alkyl halides is 1. The minimum atomic E-state index is -0.868. The zero-order valence-corrected chi connectivity index (χ0v) is 15.5. The lowest BCUT2D eigenvalue weighted by molar-refractivity contribution is -0.136. The number of nitrogens with zero attached hydrogens (tertiary/aromatic N) is 1. The summed E-state index contributed by atoms with van der Waals surface area (Å²) in [6.07, 6.45) is 0. The molecule has 8 heteroatoms. The van der Waals surface area contributed by atoms with E-state index in [9.17, 15) is 14.4 Å². The fourth-order valence-corrected chi connectivity index (χ4v) is 2.37. The molecule has 2 N–H and O–H groups in total. The number of anilines is 2. The van der Waals surface area contributed by atoms with E-state index in [-0.39, 0.29) is 12.5 Å². The van der Waals surface area contributed by atoms with Gasteiger partial charge in [-0.1, -0.05) is 18.2 Å². The highest BCUT2D eigenvalue weighted by Crippen LogP contribution is 2.16. The Morgan fingerprint density at radius 1 is 1.00 bits per heavy atom. The number of carbonyl (C=O) groups is 3. The Balaban J connectivity index is 1.94. The molecule has 0 aliphatic carbocycles. The summed E-state index contributed by atoms with van der Waals surface area (Å²) in [5, 5.41) is 4.90. The summed E-state index contributed by atoms with van der Waals surface area (Å²) >= 11 is 5.62. The summed E-state index contributed by atoms with van der Waals surface area (Å²) in [4.78, 5) is 37.4. The van der Waals surface area contributed by atoms with Crippen molar-refractivity contribution in [3.63, 3.8) is 0 Å². The predicted octanol–water partition coefficient (Wildman–Crippen LogP) is 2.37. The first-order chi connectivity index (χ1) is 13.0. The number of nitrogens with one attached hydrogen (secondary N) is 2. The fourth-order valence-electron chi connectivity index (χ4n) is 2.22. The third kappa shape index (κ3) is 6.00. The normalized spacial score (nSPS) is 10.0. The number of ether oxygens (including phenoxy) is 1. The Bertz CT molecular complexity index is 781. The van der Waals surface area contributed by atoms with Crippen LogP contribution >= 0.6 is 11.6 Å². The average molecular weight is 390 g/mol. The zero-order chi connectivity index (χ0) is 19.6. The molecule has 0 unspecified atom stereocenters. The van der Waals surface area contributed by atoms with Gasteiger partial charge >= 0.3 is 11.8 Å². The van der Waals surface area contributed by atoms with Crippen molar-refractivity contribution in [2.75, 3.05) is 29.4 Å². The molecule has 2 rings (SSSR count). The molecule has 0 atom stereocenters. The van der Waals surface area contributed by atoms with E-state index in [4.69, 9.17) is 16.3 Å². The number of amides is 3. The van der Waals surface area contributed by atoms with Crippen LogP contribution in [-0.2, 0) is 14.4 Å². The molecule has 3 amide bonds. The number of hydrogen-bond acceptors (Lipinski definition) is 4. The summed E-state index contributed by atoms with van der Waals surface area (Å²) in [7, 11) is 0. The van der Waals surface area contributed by atoms with Crippen molar-refractivity contribution < 1.29 is 19.1 Å². The average Bonchev–Trinajstić information content (AvgIpc) is 2.70. The molecule has 0 spiro atoms. The molecule has 0 heterocycles. The van der Waals surface area contributed by atoms with Gasteiger partial charge in [-0.3, -0.25) is 19.3 Å². The molecular formula is C19H20ClN3O4. The number of hydrogen-bond donors (Lipinski definition) is 2. The van der Waals surface area contributed by atoms with Crippen LogP contribution in [0, 0.1) is 0 Å². The molecule has 0 aliphatic heterocycles. The molecule has 0 aromatic heterocycles. The highest BCUT2D eigenvalue weighted by molar-refractivity contribution is 6.39. The minimum Gasteiger partial charge on any atom is -0.494 e. The van der Waals surface area contributed by atoms with Gasteiger partial charge in [0.2, 0.25) is 5.91 Å². The summed E-state index contributed by atoms with van der Waals surface area (Å²) < 4.78 is 5.31. The standard InChI is InChI=1S/C19H20ClN3O4/c1-2-27-16-10-8-14(9-11-16)22-19(26)18(25)21-13-23(17(24)12-20)15-6-4-3-5-7-15/h3-11H,2,12-13H2,1H3,(H,21,25)(H,22,26). The van der Waals surface area contributed by atoms with Gasteiger partial charge in [-0.15, -0.1) is 11.6 Å². The monoisotopic (exact) mass is 389 g/mol. The number of benzene rings is 2. The van der Waals surface area contributed by atoms with Gasteiger partial charge in [0.15, 0.2) is 0 Å². The zero-order valence-electron chi connectivity index (χ0n) is 14.8. The molecule has 27 heavy (non-hydrogen) atoms. The van der Waals surface area contributed by atoms with Crippen LogP contribution in [0.4, 0.5) is 11.4 Å². The van der Waals surface area contributed by atoms with Crippen LogP contribution in [-0.4, -0.2) is 36.9 Å². The van der Waals surface area contributed by atoms with Crippen molar-refractivity contribution in [2.45, 2.75) is 6.92 Å². The van der Waals surface area contributed by atoms with Crippen molar-refractivity contribution in [2.24, 2.45) is 0 Å². The molecule has 7 nitrogen and oxygen atoms in total. The van der Waals surface area contributed by atoms with Gasteiger partial charge in [0.05, 0.1) is 13.3 Å². The topological polar surface area (TPSA) is 87.7 Å². The van der Waals surface area contributed by atoms with Crippen LogP contribution in [0.1, 0.15) is 6.92 Å². The van der Waals surface area contributed by atoms with Crippen LogP contribution in [0.3, 0.4) is 0 Å². The Kier molecular flexibility index (Phi) is 7.63. The molecule has 0 radical (unpaired) electrons. The summed E-state index contributed by atoms with van der Waals surface area (Å²) in [6.45, 7) is 2.23. The van der Waals surface area contributed by atoms with Gasteiger partial charge in [0.1, 0.15) is 11.6 Å². The molecule has 0 saturated heterocycles. The van der Waals surface area contributed by atoms with E-state index in [0.717, 1.165) is 0 Å². The van der Waals surface area contributed by atoms with Crippen LogP contribution in [0.2, 0.25) is 0 Å². The quantitative estimate of drug-likeness (QED) is 0.432. The van der Waals surface area contributed by atoms with Crippen molar-refractivity contribution in [3.05, 3.63) is 54.6 Å². The van der Waals surface area contributed by atoms with E-state index in [1.165, 1.54) is 4.90 Å². The SMILES string of the molecule is CCOc1ccc(NC(=O)C(=O)NCN(C(=O)CCl)c2ccccc2)cc1. The third-order valence-corrected chi connectivity index (χ3v) is 3.74. The summed E-state index contributed by atoms with van der Waals surface area (Å²) in [5.74, 6) is -1.69. The predicted molar refractivity (Wildman–Crippen MR) is 104 cm³/mol. The lowest BCUT2D eigenvalue weighted by Gasteiger charge is -2.22. The smallest absolute Gasteiger partial charge is 0.313 e. The van der Waals surface area contributed by atoms with Crippen LogP contribution in [0.25, 0.3) is 0 Å². The number of halogens is 1. The molecule has 0 aliphatic rings. The largest absolute Gasteiger partial charge is 0.494 e. The Morgan fingerprint density at radius 2 is 1.67 bits per heavy atom. The Hall–Kier alpha value is -3.06. The molecule has 0 fully saturated rings. The van der Waals surface area contributed by atoms with Crippen molar-refractivity contribution in [3.8, 4) is 5.75 Å². The van der Waals surface area contributed by atoms with E-state index in [0.29, 0.717) is 23.7 Å². The summed E-state index contributed by atoms with van der Waals surface area (Å²) in [6, 6.07) is 15.4. The Morgan fingerprint density at radius 3 is 2.26 bits per heavy atom. The lowest BCUT2D eigenvalue weighted by Crippen LogP contribution is -2.45. The first kappa shape index (κ1) is 20.3. The molecule has 142 valence electrons. The maximum absolute atomic E-state index is 12.0. The van der Waals surface area contributed by atoms with Crippen LogP contribution in [0.5, 0.6) is 5.75 Å². The lowest BCUT2D eigenvalue weighted by atomic mass is 10.3. The molecule has 2 aromatic rings. The second-order valence-corrected chi connectivity index (χ2v) is 5.63. The number of rotatable bonds is 7. The van der Waals surface area contributed by atoms with E-state index >= 15 is 0 Å². The van der Waals surface area contributed by atoms with E-state index in [2.05, 4.69) is 10.6 Å². The van der Waals surface area contributed by atoms with Crippen LogP contribution in [0.15, 0.2) is 54.6 Å². The van der Waals surface area contributed by atoms with Crippen molar-refractivity contribution >= 4 is 40.7 Å². The first-order valence-electron chi connectivity index (χ1n) is 8.28. The van der Waals surface area contributed by atoms with E-state index < -0.39 is 17.7 Å². The van der Waals surface area contributed by atoms with Gasteiger partial charge in [0, 0.05) is 11.4 Å². The summed E-state index contributed by atoms with van der Waals surface area (Å²) in [5.41, 5.74) is 1.02. The van der Waals surface area contributed by atoms with Gasteiger partial charge in [-0.2, -0.15) is 0 Å². The molecule has 0 bridgehead atoms. The second-order valence-electron chi connectivity index (χ2n) is 5.37. The van der Waals surface area contributed by atoms with Crippen molar-refractivity contribution in [1.29, 1.82) is 0 Å². The third-order valence-electron chi connectivity index (χ3n) is 3.51. The maximum Gasteiger partial charge on any atom is 0.313 e. The highest BCUT2D eigenvalue weighted by atomic mass is 35.5. The molecular weight excluding hydrogens is 370 g/mol. The Labute approximate surface area is 162 Å². The highest BCUT2D eigenvalue weighted by Gasteiger charge is 2.18. The van der Waals surface area contributed by atoms with E-state index in [1.54, 1.807) is 54.6 Å². The van der Waals surface area contributed by atoms with Gasteiger partial charge < -0.3 is 15.4 Å². The van der Waals surface area contributed by atoms with E-state index in [1.807, 2.05) is 6.92 Å². The number of para-hydroxylation sites is 1. The molecule has 0 saturated carbocycles. The van der Waals surface area contributed by atoms with Gasteiger partial charge in [0.25, 0.3) is 0 Å². The first-order valence-corrected chi connectivity index (χ1v) is 8.82.